The van der Waals surface area contributed by atoms with Gasteiger partial charge in [0.2, 0.25) is 0 Å². The number of aromatic nitrogens is 2. The van der Waals surface area contributed by atoms with Crippen molar-refractivity contribution in [3.05, 3.63) is 57.8 Å². The Morgan fingerprint density at radius 3 is 2.39 bits per heavy atom. The van der Waals surface area contributed by atoms with Gasteiger partial charge in [0.1, 0.15) is 5.82 Å². The number of hydrogen-bond acceptors (Lipinski definition) is 2. The van der Waals surface area contributed by atoms with Crippen LogP contribution in [0.4, 0.5) is 4.39 Å². The molecule has 3 nitrogen and oxygen atoms in total. The first kappa shape index (κ1) is 12.5. The predicted octanol–water partition coefficient (Wildman–Crippen LogP) is 2.80. The predicted molar refractivity (Wildman–Crippen MR) is 68.6 cm³/mol. The molecule has 4 heteroatoms. The van der Waals surface area contributed by atoms with Crippen molar-refractivity contribution in [2.24, 2.45) is 0 Å². The Kier molecular flexibility index (Phi) is 3.28. The Balaban J connectivity index is 2.64. The summed E-state index contributed by atoms with van der Waals surface area (Å²) in [5.74, 6) is -0.200. The van der Waals surface area contributed by atoms with Gasteiger partial charge in [0.05, 0.1) is 11.4 Å². The van der Waals surface area contributed by atoms with E-state index in [4.69, 9.17) is 0 Å². The number of aryl methyl sites for hydroxylation is 1. The third-order valence-corrected chi connectivity index (χ3v) is 2.75. The summed E-state index contributed by atoms with van der Waals surface area (Å²) in [6, 6.07) is 7.54. The van der Waals surface area contributed by atoms with E-state index in [1.165, 1.54) is 16.8 Å². The van der Waals surface area contributed by atoms with E-state index in [-0.39, 0.29) is 17.3 Å². The second-order valence-electron chi connectivity index (χ2n) is 4.59. The molecule has 0 unspecified atom stereocenters. The van der Waals surface area contributed by atoms with Crippen molar-refractivity contribution in [1.82, 2.24) is 9.78 Å². The van der Waals surface area contributed by atoms with Gasteiger partial charge < -0.3 is 0 Å². The van der Waals surface area contributed by atoms with Crippen LogP contribution in [0.2, 0.25) is 0 Å². The van der Waals surface area contributed by atoms with Gasteiger partial charge in [-0.2, -0.15) is 9.78 Å². The van der Waals surface area contributed by atoms with Crippen LogP contribution in [0, 0.1) is 12.7 Å². The molecule has 0 radical (unpaired) electrons. The maximum atomic E-state index is 12.9. The van der Waals surface area contributed by atoms with Gasteiger partial charge in [-0.1, -0.05) is 13.8 Å². The quantitative estimate of drug-likeness (QED) is 0.816. The van der Waals surface area contributed by atoms with Crippen molar-refractivity contribution < 1.29 is 4.39 Å². The zero-order chi connectivity index (χ0) is 13.3. The van der Waals surface area contributed by atoms with Crippen LogP contribution in [0.5, 0.6) is 0 Å². The van der Waals surface area contributed by atoms with Gasteiger partial charge in [0.15, 0.2) is 0 Å². The van der Waals surface area contributed by atoms with E-state index in [0.29, 0.717) is 11.3 Å². The lowest BCUT2D eigenvalue weighted by Crippen LogP contribution is -2.26. The number of hydrogen-bond donors (Lipinski definition) is 0. The lowest BCUT2D eigenvalue weighted by molar-refractivity contribution is 0.626. The molecule has 1 aromatic carbocycles. The number of rotatable bonds is 2. The van der Waals surface area contributed by atoms with Crippen LogP contribution in [-0.2, 0) is 0 Å². The minimum absolute atomic E-state index is 0.130. The number of halogens is 1. The van der Waals surface area contributed by atoms with Crippen molar-refractivity contribution in [2.45, 2.75) is 26.7 Å². The molecule has 0 aliphatic carbocycles. The summed E-state index contributed by atoms with van der Waals surface area (Å²) >= 11 is 0. The van der Waals surface area contributed by atoms with Crippen LogP contribution in [-0.4, -0.2) is 9.78 Å². The van der Waals surface area contributed by atoms with Crippen LogP contribution < -0.4 is 5.56 Å². The SMILES string of the molecule is Cc1cc(C(C)C)c(=O)n(-c2ccc(F)cc2)n1. The minimum atomic E-state index is -0.330. The molecule has 0 atom stereocenters. The maximum Gasteiger partial charge on any atom is 0.274 e. The summed E-state index contributed by atoms with van der Waals surface area (Å²) in [5.41, 5.74) is 1.91. The van der Waals surface area contributed by atoms with Gasteiger partial charge in [0, 0.05) is 5.56 Å². The molecule has 0 aliphatic rings. The van der Waals surface area contributed by atoms with E-state index in [1.807, 2.05) is 20.8 Å². The summed E-state index contributed by atoms with van der Waals surface area (Å²) in [4.78, 5) is 12.3. The van der Waals surface area contributed by atoms with Gasteiger partial charge in [-0.3, -0.25) is 4.79 Å². The van der Waals surface area contributed by atoms with E-state index in [0.717, 1.165) is 5.69 Å². The molecule has 0 saturated heterocycles. The zero-order valence-electron chi connectivity index (χ0n) is 10.6. The van der Waals surface area contributed by atoms with Crippen LogP contribution >= 0.6 is 0 Å². The Hall–Kier alpha value is -1.97. The molecule has 94 valence electrons. The topological polar surface area (TPSA) is 34.9 Å². The molecule has 18 heavy (non-hydrogen) atoms. The highest BCUT2D eigenvalue weighted by Crippen LogP contribution is 2.12. The molecule has 0 bridgehead atoms. The van der Waals surface area contributed by atoms with Crippen molar-refractivity contribution >= 4 is 0 Å². The zero-order valence-corrected chi connectivity index (χ0v) is 10.6. The van der Waals surface area contributed by atoms with Gasteiger partial charge in [-0.05, 0) is 43.2 Å². The Morgan fingerprint density at radius 1 is 1.22 bits per heavy atom. The molecule has 1 aromatic heterocycles. The molecular formula is C14H15FN2O. The largest absolute Gasteiger partial charge is 0.274 e. The fraction of sp³-hybridized carbons (Fsp3) is 0.286. The molecule has 2 rings (SSSR count). The first-order valence-corrected chi connectivity index (χ1v) is 5.86. The molecule has 0 fully saturated rings. The fourth-order valence-electron chi connectivity index (χ4n) is 1.81. The molecule has 0 N–H and O–H groups in total. The first-order chi connectivity index (χ1) is 8.49. The van der Waals surface area contributed by atoms with Gasteiger partial charge in [0.25, 0.3) is 5.56 Å². The van der Waals surface area contributed by atoms with E-state index in [9.17, 15) is 9.18 Å². The Labute approximate surface area is 105 Å². The number of nitrogens with zero attached hydrogens (tertiary/aromatic N) is 2. The lowest BCUT2D eigenvalue weighted by atomic mass is 10.1. The molecule has 0 amide bonds. The fourth-order valence-corrected chi connectivity index (χ4v) is 1.81. The molecule has 2 aromatic rings. The second kappa shape index (κ2) is 4.72. The number of benzene rings is 1. The molecular weight excluding hydrogens is 231 g/mol. The monoisotopic (exact) mass is 246 g/mol. The summed E-state index contributed by atoms with van der Waals surface area (Å²) in [7, 11) is 0. The third-order valence-electron chi connectivity index (χ3n) is 2.75. The van der Waals surface area contributed by atoms with Crippen molar-refractivity contribution in [2.75, 3.05) is 0 Å². The molecule has 1 heterocycles. The third kappa shape index (κ3) is 2.32. The smallest absolute Gasteiger partial charge is 0.267 e. The van der Waals surface area contributed by atoms with E-state index in [2.05, 4.69) is 5.10 Å². The summed E-state index contributed by atoms with van der Waals surface area (Å²) in [6.45, 7) is 5.77. The lowest BCUT2D eigenvalue weighted by Gasteiger charge is -2.10. The van der Waals surface area contributed by atoms with Crippen LogP contribution in [0.1, 0.15) is 31.0 Å². The molecule has 0 saturated carbocycles. The average Bonchev–Trinajstić information content (AvgIpc) is 2.32. The average molecular weight is 246 g/mol. The van der Waals surface area contributed by atoms with Gasteiger partial charge in [-0.25, -0.2) is 4.39 Å². The van der Waals surface area contributed by atoms with Crippen LogP contribution in [0.15, 0.2) is 35.1 Å². The van der Waals surface area contributed by atoms with Gasteiger partial charge >= 0.3 is 0 Å². The first-order valence-electron chi connectivity index (χ1n) is 5.86. The van der Waals surface area contributed by atoms with Crippen molar-refractivity contribution in [1.29, 1.82) is 0 Å². The van der Waals surface area contributed by atoms with E-state index in [1.54, 1.807) is 18.2 Å². The summed E-state index contributed by atoms with van der Waals surface area (Å²) in [5, 5.41) is 4.20. The normalized spacial score (nSPS) is 10.9. The highest BCUT2D eigenvalue weighted by atomic mass is 19.1. The van der Waals surface area contributed by atoms with Gasteiger partial charge in [-0.15, -0.1) is 0 Å². The highest BCUT2D eigenvalue weighted by Gasteiger charge is 2.11. The van der Waals surface area contributed by atoms with Crippen LogP contribution in [0.25, 0.3) is 5.69 Å². The standard InChI is InChI=1S/C14H15FN2O/c1-9(2)13-8-10(3)16-17(14(13)18)12-6-4-11(15)5-7-12/h4-9H,1-3H3. The van der Waals surface area contributed by atoms with Crippen LogP contribution in [0.3, 0.4) is 0 Å². The van der Waals surface area contributed by atoms with Crippen molar-refractivity contribution in [3.8, 4) is 5.69 Å². The highest BCUT2D eigenvalue weighted by molar-refractivity contribution is 5.32. The summed E-state index contributed by atoms with van der Waals surface area (Å²) in [6.07, 6.45) is 0. The Morgan fingerprint density at radius 2 is 1.83 bits per heavy atom. The van der Waals surface area contributed by atoms with E-state index < -0.39 is 0 Å². The molecule has 0 aliphatic heterocycles. The maximum absolute atomic E-state index is 12.9. The second-order valence-corrected chi connectivity index (χ2v) is 4.59. The minimum Gasteiger partial charge on any atom is -0.267 e. The van der Waals surface area contributed by atoms with E-state index >= 15 is 0 Å². The summed E-state index contributed by atoms with van der Waals surface area (Å²) < 4.78 is 14.2. The van der Waals surface area contributed by atoms with Crippen molar-refractivity contribution in [3.63, 3.8) is 0 Å². The Bertz CT molecular complexity index is 615. The molecule has 0 spiro atoms.